The lowest BCUT2D eigenvalue weighted by molar-refractivity contribution is -0.899. The smallest absolute Gasteiger partial charge is 0.279 e. The molecule has 23 heavy (non-hydrogen) atoms. The summed E-state index contributed by atoms with van der Waals surface area (Å²) < 4.78 is 5.87. The van der Waals surface area contributed by atoms with Gasteiger partial charge in [0, 0.05) is 5.69 Å². The zero-order valence-corrected chi connectivity index (χ0v) is 14.5. The number of ether oxygens (including phenoxy) is 1. The summed E-state index contributed by atoms with van der Waals surface area (Å²) in [4.78, 5) is 14.5. The van der Waals surface area contributed by atoms with Gasteiger partial charge in [0.05, 0.1) is 22.9 Å². The molecule has 2 N–H and O–H groups in total. The first-order valence-electron chi connectivity index (χ1n) is 7.23. The van der Waals surface area contributed by atoms with Gasteiger partial charge in [0.2, 0.25) is 0 Å². The molecule has 0 aliphatic carbocycles. The van der Waals surface area contributed by atoms with Gasteiger partial charge in [-0.05, 0) is 42.5 Å². The maximum atomic E-state index is 12.2. The van der Waals surface area contributed by atoms with Crippen LogP contribution in [0.25, 0.3) is 0 Å². The molecular weight excluding hydrogens is 332 g/mol. The van der Waals surface area contributed by atoms with Gasteiger partial charge in [0.1, 0.15) is 12.3 Å². The van der Waals surface area contributed by atoms with Crippen molar-refractivity contribution in [2.24, 2.45) is 0 Å². The zero-order valence-electron chi connectivity index (χ0n) is 13.0. The molecule has 1 aromatic carbocycles. The van der Waals surface area contributed by atoms with E-state index in [1.54, 1.807) is 18.4 Å². The Kier molecular flexibility index (Phi) is 6.65. The Hall–Kier alpha value is -1.82. The second-order valence-corrected chi connectivity index (χ2v) is 6.88. The van der Waals surface area contributed by atoms with Gasteiger partial charge in [-0.3, -0.25) is 4.79 Å². The first-order valence-corrected chi connectivity index (χ1v) is 8.42. The van der Waals surface area contributed by atoms with Crippen LogP contribution in [0.5, 0.6) is 5.75 Å². The number of thiophene rings is 1. The molecule has 0 fully saturated rings. The van der Waals surface area contributed by atoms with Crippen molar-refractivity contribution >= 4 is 34.5 Å². The second-order valence-electron chi connectivity index (χ2n) is 5.08. The molecule has 1 amide bonds. The predicted molar refractivity (Wildman–Crippen MR) is 95.6 cm³/mol. The van der Waals surface area contributed by atoms with E-state index in [1.165, 1.54) is 0 Å². The minimum atomic E-state index is -0.0327. The highest BCUT2D eigenvalue weighted by Gasteiger charge is 2.15. The molecule has 1 unspecified atom stereocenters. The highest BCUT2D eigenvalue weighted by molar-refractivity contribution is 7.16. The number of carbonyl (C=O) groups excluding carboxylic acids is 1. The maximum Gasteiger partial charge on any atom is 0.279 e. The number of rotatable bonds is 8. The van der Waals surface area contributed by atoms with Crippen LogP contribution in [0.3, 0.4) is 0 Å². The summed E-state index contributed by atoms with van der Waals surface area (Å²) in [6, 6.07) is 11.2. The van der Waals surface area contributed by atoms with E-state index in [2.05, 4.69) is 11.9 Å². The Morgan fingerprint density at radius 1 is 1.35 bits per heavy atom. The van der Waals surface area contributed by atoms with Crippen molar-refractivity contribution in [1.82, 2.24) is 0 Å². The third-order valence-electron chi connectivity index (χ3n) is 3.27. The summed E-state index contributed by atoms with van der Waals surface area (Å²) in [5, 5.41) is 2.90. The number of methoxy groups -OCH3 is 1. The number of quaternary nitrogens is 1. The van der Waals surface area contributed by atoms with Gasteiger partial charge in [-0.1, -0.05) is 18.2 Å². The lowest BCUT2D eigenvalue weighted by Gasteiger charge is -2.16. The minimum Gasteiger partial charge on any atom is -0.497 e. The summed E-state index contributed by atoms with van der Waals surface area (Å²) in [6.07, 6.45) is 1.82. The normalized spacial score (nSPS) is 11.7. The third-order valence-corrected chi connectivity index (χ3v) is 4.50. The fourth-order valence-electron chi connectivity index (χ4n) is 2.21. The van der Waals surface area contributed by atoms with Crippen LogP contribution in [0.1, 0.15) is 4.88 Å². The molecule has 0 bridgehead atoms. The average Bonchev–Trinajstić information content (AvgIpc) is 2.93. The number of hydrogen-bond donors (Lipinski definition) is 2. The van der Waals surface area contributed by atoms with Gasteiger partial charge >= 0.3 is 0 Å². The topological polar surface area (TPSA) is 42.8 Å². The Balaban J connectivity index is 1.92. The van der Waals surface area contributed by atoms with Crippen LogP contribution in [0.15, 0.2) is 49.1 Å². The number of amides is 1. The number of benzene rings is 1. The SMILES string of the molecule is C=CC[NH+](CC(=O)Nc1ccc(OC)cc1)Cc1ccc(Cl)s1. The maximum absolute atomic E-state index is 12.2. The molecule has 0 aliphatic heterocycles. The van der Waals surface area contributed by atoms with Crippen LogP contribution in [0, 0.1) is 0 Å². The molecule has 0 saturated carbocycles. The van der Waals surface area contributed by atoms with Gasteiger partial charge in [-0.2, -0.15) is 0 Å². The number of hydrogen-bond acceptors (Lipinski definition) is 3. The molecule has 122 valence electrons. The lowest BCUT2D eigenvalue weighted by atomic mass is 10.3. The van der Waals surface area contributed by atoms with Gasteiger partial charge in [0.25, 0.3) is 5.91 Å². The summed E-state index contributed by atoms with van der Waals surface area (Å²) in [7, 11) is 1.61. The number of nitrogens with one attached hydrogen (secondary N) is 2. The molecule has 0 saturated heterocycles. The van der Waals surface area contributed by atoms with Crippen LogP contribution in [-0.2, 0) is 11.3 Å². The van der Waals surface area contributed by atoms with Crippen LogP contribution >= 0.6 is 22.9 Å². The molecule has 0 radical (unpaired) electrons. The molecule has 0 aliphatic rings. The Labute approximate surface area is 145 Å². The standard InChI is InChI=1S/C17H19ClN2O2S/c1-3-10-20(11-15-8-9-16(18)23-15)12-17(21)19-13-4-6-14(22-2)7-5-13/h3-9H,1,10-12H2,2H3,(H,19,21)/p+1. The van der Waals surface area contributed by atoms with Crippen LogP contribution in [0.4, 0.5) is 5.69 Å². The summed E-state index contributed by atoms with van der Waals surface area (Å²) >= 11 is 7.50. The summed E-state index contributed by atoms with van der Waals surface area (Å²) in [5.41, 5.74) is 0.757. The highest BCUT2D eigenvalue weighted by atomic mass is 35.5. The van der Waals surface area contributed by atoms with E-state index in [-0.39, 0.29) is 5.91 Å². The molecule has 6 heteroatoms. The average molecular weight is 352 g/mol. The predicted octanol–water partition coefficient (Wildman–Crippen LogP) is 2.62. The van der Waals surface area contributed by atoms with E-state index in [0.717, 1.165) is 32.1 Å². The molecule has 1 atom stereocenters. The number of anilines is 1. The number of carbonyl (C=O) groups is 1. The van der Waals surface area contributed by atoms with Crippen molar-refractivity contribution in [3.63, 3.8) is 0 Å². The van der Waals surface area contributed by atoms with E-state index in [9.17, 15) is 4.79 Å². The second kappa shape index (κ2) is 8.72. The van der Waals surface area contributed by atoms with Gasteiger partial charge < -0.3 is 15.0 Å². The third kappa shape index (κ3) is 5.71. The van der Waals surface area contributed by atoms with Crippen LogP contribution in [-0.4, -0.2) is 26.1 Å². The molecule has 1 aromatic heterocycles. The van der Waals surface area contributed by atoms with E-state index in [1.807, 2.05) is 42.5 Å². The molecule has 4 nitrogen and oxygen atoms in total. The Bertz CT molecular complexity index is 655. The summed E-state index contributed by atoms with van der Waals surface area (Å²) in [6.45, 7) is 5.60. The van der Waals surface area contributed by atoms with E-state index >= 15 is 0 Å². The van der Waals surface area contributed by atoms with Crippen molar-refractivity contribution in [3.8, 4) is 5.75 Å². The molecule has 2 rings (SSSR count). The van der Waals surface area contributed by atoms with Crippen molar-refractivity contribution in [2.45, 2.75) is 6.54 Å². The minimum absolute atomic E-state index is 0.0327. The Morgan fingerprint density at radius 2 is 2.09 bits per heavy atom. The van der Waals surface area contributed by atoms with Crippen LogP contribution in [0.2, 0.25) is 4.34 Å². The zero-order chi connectivity index (χ0) is 16.7. The van der Waals surface area contributed by atoms with Gasteiger partial charge in [-0.15, -0.1) is 11.3 Å². The van der Waals surface area contributed by atoms with E-state index < -0.39 is 0 Å². The fraction of sp³-hybridized carbons (Fsp3) is 0.235. The first-order chi connectivity index (χ1) is 11.1. The van der Waals surface area contributed by atoms with Gasteiger partial charge in [0.15, 0.2) is 6.54 Å². The van der Waals surface area contributed by atoms with Crippen LogP contribution < -0.4 is 15.0 Å². The quantitative estimate of drug-likeness (QED) is 0.718. The molecule has 2 aromatic rings. The molecular formula is C17H20ClN2O2S+. The lowest BCUT2D eigenvalue weighted by Crippen LogP contribution is -3.11. The highest BCUT2D eigenvalue weighted by Crippen LogP contribution is 2.20. The largest absolute Gasteiger partial charge is 0.497 e. The van der Waals surface area contributed by atoms with Gasteiger partial charge in [-0.25, -0.2) is 0 Å². The van der Waals surface area contributed by atoms with Crippen molar-refractivity contribution in [1.29, 1.82) is 0 Å². The van der Waals surface area contributed by atoms with Crippen molar-refractivity contribution in [3.05, 3.63) is 58.3 Å². The monoisotopic (exact) mass is 351 g/mol. The summed E-state index contributed by atoms with van der Waals surface area (Å²) in [5.74, 6) is 0.728. The Morgan fingerprint density at radius 3 is 2.65 bits per heavy atom. The number of halogens is 1. The fourth-order valence-corrected chi connectivity index (χ4v) is 3.37. The van der Waals surface area contributed by atoms with E-state index in [0.29, 0.717) is 13.1 Å². The molecule has 1 heterocycles. The first kappa shape index (κ1) is 17.5. The van der Waals surface area contributed by atoms with Crippen molar-refractivity contribution < 1.29 is 14.4 Å². The van der Waals surface area contributed by atoms with Crippen molar-refractivity contribution in [2.75, 3.05) is 25.5 Å². The molecule has 0 spiro atoms. The van der Waals surface area contributed by atoms with E-state index in [4.69, 9.17) is 16.3 Å².